The third-order valence-electron chi connectivity index (χ3n) is 4.18. The van der Waals surface area contributed by atoms with Crippen molar-refractivity contribution in [3.8, 4) is 11.5 Å². The number of carbonyl (C=O) groups excluding carboxylic acids is 1. The van der Waals surface area contributed by atoms with Crippen molar-refractivity contribution in [2.45, 2.75) is 44.6 Å². The van der Waals surface area contributed by atoms with E-state index in [1.54, 1.807) is 0 Å². The highest BCUT2D eigenvalue weighted by atomic mass is 32.1. The number of hydrogen-bond donors (Lipinski definition) is 1. The predicted molar refractivity (Wildman–Crippen MR) is 93.1 cm³/mol. The van der Waals surface area contributed by atoms with Gasteiger partial charge in [0.15, 0.2) is 23.2 Å². The van der Waals surface area contributed by atoms with Crippen molar-refractivity contribution >= 4 is 22.4 Å². The molecule has 0 radical (unpaired) electrons. The maximum atomic E-state index is 12.1. The summed E-state index contributed by atoms with van der Waals surface area (Å²) in [4.78, 5) is 16.5. The van der Waals surface area contributed by atoms with E-state index >= 15 is 0 Å². The topological polar surface area (TPSA) is 60.5 Å². The van der Waals surface area contributed by atoms with Crippen LogP contribution < -0.4 is 14.8 Å². The highest BCUT2D eigenvalue weighted by Gasteiger charge is 2.32. The summed E-state index contributed by atoms with van der Waals surface area (Å²) >= 11 is 1.46. The van der Waals surface area contributed by atoms with Gasteiger partial charge >= 0.3 is 0 Å². The van der Waals surface area contributed by atoms with Gasteiger partial charge in [-0.2, -0.15) is 0 Å². The SMILES string of the molecule is CC1(C)Cc2cccc(OCC(=O)Nc3nc(C4CC4)cs3)c2O1. The normalized spacial score (nSPS) is 17.9. The highest BCUT2D eigenvalue weighted by Crippen LogP contribution is 2.42. The molecule has 1 aliphatic heterocycles. The van der Waals surface area contributed by atoms with Crippen molar-refractivity contribution in [3.05, 3.63) is 34.8 Å². The molecule has 1 saturated carbocycles. The standard InChI is InChI=1S/C18H20N2O3S/c1-18(2)8-12-4-3-5-14(16(12)23-18)22-9-15(21)20-17-19-13(10-24-17)11-6-7-11/h3-5,10-11H,6-9H2,1-2H3,(H,19,20,21). The number of anilines is 1. The molecule has 6 heteroatoms. The van der Waals surface area contributed by atoms with E-state index in [2.05, 4.69) is 10.3 Å². The molecule has 4 rings (SSSR count). The number of nitrogens with zero attached hydrogens (tertiary/aromatic N) is 1. The fourth-order valence-corrected chi connectivity index (χ4v) is 3.72. The molecule has 0 atom stereocenters. The van der Waals surface area contributed by atoms with E-state index in [0.29, 0.717) is 16.8 Å². The Morgan fingerprint density at radius 3 is 3.08 bits per heavy atom. The Morgan fingerprint density at radius 2 is 2.29 bits per heavy atom. The number of aromatic nitrogens is 1. The number of thiazole rings is 1. The number of nitrogens with one attached hydrogen (secondary N) is 1. The number of para-hydroxylation sites is 1. The summed E-state index contributed by atoms with van der Waals surface area (Å²) < 4.78 is 11.6. The van der Waals surface area contributed by atoms with Crippen LogP contribution in [0.4, 0.5) is 5.13 Å². The van der Waals surface area contributed by atoms with E-state index in [4.69, 9.17) is 9.47 Å². The van der Waals surface area contributed by atoms with E-state index in [0.717, 1.165) is 23.4 Å². The Kier molecular flexibility index (Phi) is 3.72. The van der Waals surface area contributed by atoms with Crippen molar-refractivity contribution in [3.63, 3.8) is 0 Å². The zero-order valence-corrected chi connectivity index (χ0v) is 14.6. The first-order valence-corrected chi connectivity index (χ1v) is 9.07. The maximum absolute atomic E-state index is 12.1. The quantitative estimate of drug-likeness (QED) is 0.897. The van der Waals surface area contributed by atoms with Crippen molar-refractivity contribution in [1.82, 2.24) is 4.98 Å². The Labute approximate surface area is 145 Å². The lowest BCUT2D eigenvalue weighted by molar-refractivity contribution is -0.118. The molecule has 1 aromatic carbocycles. The first kappa shape index (κ1) is 15.4. The van der Waals surface area contributed by atoms with Gasteiger partial charge in [0.25, 0.3) is 5.91 Å². The van der Waals surface area contributed by atoms with Crippen LogP contribution in [0.1, 0.15) is 43.9 Å². The second-order valence-corrected chi connectivity index (χ2v) is 7.83. The van der Waals surface area contributed by atoms with Crippen LogP contribution in [0.5, 0.6) is 11.5 Å². The highest BCUT2D eigenvalue weighted by molar-refractivity contribution is 7.13. The van der Waals surface area contributed by atoms with E-state index in [1.807, 2.05) is 37.4 Å². The van der Waals surface area contributed by atoms with Crippen LogP contribution in [-0.4, -0.2) is 23.1 Å². The number of rotatable bonds is 5. The first-order chi connectivity index (χ1) is 11.5. The molecule has 0 saturated heterocycles. The van der Waals surface area contributed by atoms with E-state index in [9.17, 15) is 4.79 Å². The van der Waals surface area contributed by atoms with E-state index < -0.39 is 0 Å². The van der Waals surface area contributed by atoms with Gasteiger partial charge < -0.3 is 9.47 Å². The Bertz CT molecular complexity index is 780. The van der Waals surface area contributed by atoms with Crippen LogP contribution in [0, 0.1) is 0 Å². The zero-order chi connectivity index (χ0) is 16.7. The second kappa shape index (κ2) is 5.77. The van der Waals surface area contributed by atoms with Gasteiger partial charge in [0.05, 0.1) is 5.69 Å². The molecule has 2 heterocycles. The van der Waals surface area contributed by atoms with Crippen molar-refractivity contribution in [2.24, 2.45) is 0 Å². The van der Waals surface area contributed by atoms with Gasteiger partial charge in [-0.25, -0.2) is 4.98 Å². The molecule has 0 unspecified atom stereocenters. The Morgan fingerprint density at radius 1 is 1.46 bits per heavy atom. The molecule has 2 aliphatic rings. The van der Waals surface area contributed by atoms with Gasteiger partial charge in [0, 0.05) is 23.3 Å². The Hall–Kier alpha value is -2.08. The average molecular weight is 344 g/mol. The molecule has 1 amide bonds. The van der Waals surface area contributed by atoms with Crippen molar-refractivity contribution in [2.75, 3.05) is 11.9 Å². The first-order valence-electron chi connectivity index (χ1n) is 8.19. The molecule has 1 N–H and O–H groups in total. The molecular weight excluding hydrogens is 324 g/mol. The fraction of sp³-hybridized carbons (Fsp3) is 0.444. The van der Waals surface area contributed by atoms with Crippen LogP contribution in [-0.2, 0) is 11.2 Å². The van der Waals surface area contributed by atoms with Crippen LogP contribution in [0.3, 0.4) is 0 Å². The number of carbonyl (C=O) groups is 1. The number of hydrogen-bond acceptors (Lipinski definition) is 5. The number of fused-ring (bicyclic) bond motifs is 1. The molecule has 1 aromatic heterocycles. The maximum Gasteiger partial charge on any atom is 0.264 e. The van der Waals surface area contributed by atoms with E-state index in [-0.39, 0.29) is 18.1 Å². The van der Waals surface area contributed by atoms with Gasteiger partial charge in [-0.1, -0.05) is 12.1 Å². The molecule has 0 bridgehead atoms. The molecule has 126 valence electrons. The van der Waals surface area contributed by atoms with Gasteiger partial charge in [-0.3, -0.25) is 10.1 Å². The minimum absolute atomic E-state index is 0.0570. The van der Waals surface area contributed by atoms with Crippen molar-refractivity contribution < 1.29 is 14.3 Å². The van der Waals surface area contributed by atoms with Crippen LogP contribution in [0.2, 0.25) is 0 Å². The van der Waals surface area contributed by atoms with Crippen LogP contribution in [0.15, 0.2) is 23.6 Å². The molecule has 2 aromatic rings. The minimum atomic E-state index is -0.232. The molecule has 1 fully saturated rings. The summed E-state index contributed by atoms with van der Waals surface area (Å²) in [5.74, 6) is 1.75. The monoisotopic (exact) mass is 344 g/mol. The average Bonchev–Trinajstić information content (AvgIpc) is 3.18. The van der Waals surface area contributed by atoms with E-state index in [1.165, 1.54) is 24.2 Å². The predicted octanol–water partition coefficient (Wildman–Crippen LogP) is 3.75. The van der Waals surface area contributed by atoms with Crippen LogP contribution >= 0.6 is 11.3 Å². The fourth-order valence-electron chi connectivity index (χ4n) is 2.91. The zero-order valence-electron chi connectivity index (χ0n) is 13.8. The molecule has 24 heavy (non-hydrogen) atoms. The third kappa shape index (κ3) is 3.24. The number of ether oxygens (including phenoxy) is 2. The van der Waals surface area contributed by atoms with Crippen LogP contribution in [0.25, 0.3) is 0 Å². The summed E-state index contributed by atoms with van der Waals surface area (Å²) in [5.41, 5.74) is 1.98. The summed E-state index contributed by atoms with van der Waals surface area (Å²) in [6, 6.07) is 5.80. The smallest absolute Gasteiger partial charge is 0.264 e. The second-order valence-electron chi connectivity index (χ2n) is 6.97. The lowest BCUT2D eigenvalue weighted by Gasteiger charge is -2.18. The van der Waals surface area contributed by atoms with Gasteiger partial charge in [0.1, 0.15) is 5.60 Å². The van der Waals surface area contributed by atoms with Gasteiger partial charge in [0.2, 0.25) is 0 Å². The largest absolute Gasteiger partial charge is 0.483 e. The number of amides is 1. The van der Waals surface area contributed by atoms with Crippen molar-refractivity contribution in [1.29, 1.82) is 0 Å². The minimum Gasteiger partial charge on any atom is -0.483 e. The molecule has 5 nitrogen and oxygen atoms in total. The van der Waals surface area contributed by atoms with Gasteiger partial charge in [-0.05, 0) is 32.8 Å². The van der Waals surface area contributed by atoms with Gasteiger partial charge in [-0.15, -0.1) is 11.3 Å². The summed E-state index contributed by atoms with van der Waals surface area (Å²) in [6.07, 6.45) is 3.25. The third-order valence-corrected chi connectivity index (χ3v) is 4.95. The Balaban J connectivity index is 1.37. The summed E-state index contributed by atoms with van der Waals surface area (Å²) in [5, 5.41) is 5.46. The summed E-state index contributed by atoms with van der Waals surface area (Å²) in [6.45, 7) is 4.03. The molecule has 0 spiro atoms. The number of benzene rings is 1. The molecular formula is C18H20N2O3S. The lowest BCUT2D eigenvalue weighted by Crippen LogP contribution is -2.25. The summed E-state index contributed by atoms with van der Waals surface area (Å²) in [7, 11) is 0. The molecule has 1 aliphatic carbocycles. The lowest BCUT2D eigenvalue weighted by atomic mass is 10.0.